The van der Waals surface area contributed by atoms with Gasteiger partial charge in [-0.15, -0.1) is 5.46 Å². The predicted octanol–water partition coefficient (Wildman–Crippen LogP) is 0.0940. The highest BCUT2D eigenvalue weighted by Gasteiger charge is 2.27. The molecule has 4 nitrogen and oxygen atoms in total. The number of halogens is 3. The van der Waals surface area contributed by atoms with Crippen LogP contribution in [0.2, 0.25) is 0 Å². The zero-order valence-corrected chi connectivity index (χ0v) is 8.01. The Kier molecular flexibility index (Phi) is 2.70. The van der Waals surface area contributed by atoms with Gasteiger partial charge < -0.3 is 18.1 Å². The molecule has 0 radical (unpaired) electrons. The summed E-state index contributed by atoms with van der Waals surface area (Å²) >= 11 is 0. The molecule has 0 bridgehead atoms. The van der Waals surface area contributed by atoms with E-state index in [2.05, 4.69) is 5.14 Å². The summed E-state index contributed by atoms with van der Waals surface area (Å²) in [7, 11) is -4.36. The molecule has 0 amide bonds. The molecule has 0 atom stereocenters. The first-order valence-corrected chi connectivity index (χ1v) is 5.22. The minimum absolute atomic E-state index is 0.310. The molecule has 0 saturated carbocycles. The van der Waals surface area contributed by atoms with Crippen LogP contribution in [0.1, 0.15) is 0 Å². The van der Waals surface area contributed by atoms with Crippen molar-refractivity contribution in [1.82, 2.24) is 0 Å². The average molecular weight is 240 g/mol. The smallest absolute Gasteiger partial charge is 0.507 e. The number of benzene rings is 1. The third-order valence-corrected chi connectivity index (χ3v) is 2.61. The number of phenols is 1. The summed E-state index contributed by atoms with van der Waals surface area (Å²) in [5.41, 5.74) is -1.13. The van der Waals surface area contributed by atoms with Crippen molar-refractivity contribution in [3.63, 3.8) is 0 Å². The van der Waals surface area contributed by atoms with Crippen LogP contribution in [0.5, 0.6) is 5.75 Å². The Morgan fingerprint density at radius 2 is 1.80 bits per heavy atom. The normalized spacial score (nSPS) is 12.8. The Hall–Kier alpha value is -1.22. The monoisotopic (exact) mass is 240 g/mol. The predicted molar refractivity (Wildman–Crippen MR) is 48.2 cm³/mol. The van der Waals surface area contributed by atoms with Crippen molar-refractivity contribution in [3.8, 4) is 5.75 Å². The first-order chi connectivity index (χ1) is 6.62. The van der Waals surface area contributed by atoms with E-state index in [1.165, 1.54) is 0 Å². The molecule has 0 unspecified atom stereocenters. The molecule has 0 spiro atoms. The van der Waals surface area contributed by atoms with Gasteiger partial charge in [-0.25, -0.2) is 13.6 Å². The molecule has 1 rings (SSSR count). The van der Waals surface area contributed by atoms with Gasteiger partial charge in [-0.2, -0.15) is 0 Å². The van der Waals surface area contributed by atoms with Gasteiger partial charge in [0.25, 0.3) is 0 Å². The van der Waals surface area contributed by atoms with Gasteiger partial charge >= 0.3 is 6.98 Å². The van der Waals surface area contributed by atoms with E-state index in [1.54, 1.807) is 0 Å². The van der Waals surface area contributed by atoms with Crippen molar-refractivity contribution in [2.75, 3.05) is 0 Å². The summed E-state index contributed by atoms with van der Waals surface area (Å²) in [6.07, 6.45) is 0. The van der Waals surface area contributed by atoms with Crippen molar-refractivity contribution in [2.24, 2.45) is 5.14 Å². The van der Waals surface area contributed by atoms with Crippen LogP contribution < -0.4 is 10.6 Å². The van der Waals surface area contributed by atoms with Gasteiger partial charge in [0.05, 0.1) is 0 Å². The molecule has 0 fully saturated rings. The summed E-state index contributed by atoms with van der Waals surface area (Å²) in [6, 6.07) is 1.54. The molecule has 1 aromatic rings. The number of aromatic hydroxyl groups is 1. The summed E-state index contributed by atoms with van der Waals surface area (Å²) in [5, 5.41) is 13.6. The average Bonchev–Trinajstić information content (AvgIpc) is 2.00. The molecule has 0 aliphatic carbocycles. The number of primary sulfonamides is 1. The highest BCUT2D eigenvalue weighted by atomic mass is 32.2. The molecule has 0 saturated heterocycles. The molecule has 3 N–H and O–H groups in total. The topological polar surface area (TPSA) is 80.4 Å². The number of hydrogen-bond acceptors (Lipinski definition) is 3. The second-order valence-corrected chi connectivity index (χ2v) is 4.38. The Labute approximate surface area is 83.6 Å². The highest BCUT2D eigenvalue weighted by molar-refractivity contribution is 7.89. The van der Waals surface area contributed by atoms with E-state index in [1.807, 2.05) is 0 Å². The zero-order valence-electron chi connectivity index (χ0n) is 7.19. The Morgan fingerprint density at radius 3 is 2.20 bits per heavy atom. The minimum atomic E-state index is -5.32. The standard InChI is InChI=1S/C6H6BF3NO3S/c8-7(9,10)4-1-2-5(12)6(3-4)15(11,13)14/h1-3,12H,(H2,11,13,14)/q-1. The Morgan fingerprint density at radius 1 is 1.27 bits per heavy atom. The number of rotatable bonds is 2. The Bertz CT molecular complexity index is 485. The molecule has 0 heterocycles. The van der Waals surface area contributed by atoms with Gasteiger partial charge in [-0.05, 0) is 6.07 Å². The fourth-order valence-electron chi connectivity index (χ4n) is 0.962. The van der Waals surface area contributed by atoms with Gasteiger partial charge in [0.15, 0.2) is 0 Å². The van der Waals surface area contributed by atoms with Crippen LogP contribution >= 0.6 is 0 Å². The number of phenolic OH excluding ortho intramolecular Hbond substituents is 1. The zero-order chi connectivity index (χ0) is 11.9. The maximum absolute atomic E-state index is 12.2. The maximum Gasteiger partial charge on any atom is 0.509 e. The minimum Gasteiger partial charge on any atom is -0.507 e. The Balaban J connectivity index is 3.43. The molecule has 1 aromatic carbocycles. The van der Waals surface area contributed by atoms with Crippen molar-refractivity contribution < 1.29 is 26.5 Å². The third-order valence-electron chi connectivity index (χ3n) is 1.67. The second-order valence-electron chi connectivity index (χ2n) is 2.85. The van der Waals surface area contributed by atoms with Crippen molar-refractivity contribution in [3.05, 3.63) is 18.2 Å². The lowest BCUT2D eigenvalue weighted by molar-refractivity contribution is 0.458. The van der Waals surface area contributed by atoms with Crippen LogP contribution in [-0.2, 0) is 10.0 Å². The van der Waals surface area contributed by atoms with Crippen LogP contribution in [0.25, 0.3) is 0 Å². The van der Waals surface area contributed by atoms with Crippen molar-refractivity contribution >= 4 is 22.5 Å². The lowest BCUT2D eigenvalue weighted by Crippen LogP contribution is -2.34. The molecule has 0 aliphatic heterocycles. The molecular weight excluding hydrogens is 234 g/mol. The van der Waals surface area contributed by atoms with E-state index in [4.69, 9.17) is 5.11 Å². The van der Waals surface area contributed by atoms with E-state index in [9.17, 15) is 21.4 Å². The molecule has 84 valence electrons. The first-order valence-electron chi connectivity index (χ1n) is 3.68. The van der Waals surface area contributed by atoms with E-state index in [0.717, 1.165) is 0 Å². The van der Waals surface area contributed by atoms with Crippen molar-refractivity contribution in [2.45, 2.75) is 4.90 Å². The maximum atomic E-state index is 12.2. The highest BCUT2D eigenvalue weighted by Crippen LogP contribution is 2.21. The van der Waals surface area contributed by atoms with Crippen LogP contribution in [-0.4, -0.2) is 20.5 Å². The van der Waals surface area contributed by atoms with Gasteiger partial charge in [-0.3, -0.25) is 0 Å². The second kappa shape index (κ2) is 3.42. The van der Waals surface area contributed by atoms with E-state index in [0.29, 0.717) is 18.2 Å². The number of hydrogen-bond donors (Lipinski definition) is 2. The van der Waals surface area contributed by atoms with Crippen LogP contribution in [0.15, 0.2) is 23.1 Å². The van der Waals surface area contributed by atoms with Gasteiger partial charge in [0.2, 0.25) is 10.0 Å². The lowest BCUT2D eigenvalue weighted by Gasteiger charge is -2.15. The summed E-state index contributed by atoms with van der Waals surface area (Å²) in [4.78, 5) is -0.931. The quantitative estimate of drug-likeness (QED) is 0.719. The molecule has 0 aliphatic rings. The van der Waals surface area contributed by atoms with Gasteiger partial charge in [0, 0.05) is 0 Å². The van der Waals surface area contributed by atoms with E-state index in [-0.39, 0.29) is 0 Å². The van der Waals surface area contributed by atoms with E-state index < -0.39 is 33.1 Å². The summed E-state index contributed by atoms with van der Waals surface area (Å²) in [5.74, 6) is -0.804. The van der Waals surface area contributed by atoms with Crippen LogP contribution in [0.4, 0.5) is 12.9 Å². The fourth-order valence-corrected chi connectivity index (χ4v) is 1.62. The molecule has 15 heavy (non-hydrogen) atoms. The number of nitrogens with two attached hydrogens (primary N) is 1. The molecule has 0 aromatic heterocycles. The first kappa shape index (κ1) is 11.9. The van der Waals surface area contributed by atoms with Gasteiger partial charge in [0.1, 0.15) is 10.6 Å². The summed E-state index contributed by atoms with van der Waals surface area (Å²) < 4.78 is 58.3. The SMILES string of the molecule is NS(=O)(=O)c1cc([B-](F)(F)F)ccc1O. The molecule has 9 heteroatoms. The summed E-state index contributed by atoms with van der Waals surface area (Å²) in [6.45, 7) is -5.32. The van der Waals surface area contributed by atoms with E-state index >= 15 is 0 Å². The van der Waals surface area contributed by atoms with Crippen LogP contribution in [0, 0.1) is 0 Å². The molecular formula is C6H6BF3NO3S-. The van der Waals surface area contributed by atoms with Crippen molar-refractivity contribution in [1.29, 1.82) is 0 Å². The fraction of sp³-hybridized carbons (Fsp3) is 0. The third kappa shape index (κ3) is 2.63. The largest absolute Gasteiger partial charge is 0.509 e. The lowest BCUT2D eigenvalue weighted by atomic mass is 9.80. The number of sulfonamides is 1. The van der Waals surface area contributed by atoms with Crippen LogP contribution in [0.3, 0.4) is 0 Å². The van der Waals surface area contributed by atoms with Gasteiger partial charge in [-0.1, -0.05) is 12.1 Å².